The van der Waals surface area contributed by atoms with Gasteiger partial charge in [0.15, 0.2) is 11.5 Å². The van der Waals surface area contributed by atoms with Gasteiger partial charge in [-0.05, 0) is 31.5 Å². The quantitative estimate of drug-likeness (QED) is 0.626. The first-order valence-electron chi connectivity index (χ1n) is 3.76. The largest absolute Gasteiger partial charge is 0.504 e. The number of aromatic hydroxyl groups is 2. The summed E-state index contributed by atoms with van der Waals surface area (Å²) in [6, 6.07) is 4.76. The van der Waals surface area contributed by atoms with Gasteiger partial charge in [0.2, 0.25) is 0 Å². The van der Waals surface area contributed by atoms with Crippen LogP contribution in [0.1, 0.15) is 19.4 Å². The van der Waals surface area contributed by atoms with Crippen molar-refractivity contribution in [2.24, 2.45) is 0 Å². The highest BCUT2D eigenvalue weighted by atomic mass is 16.3. The van der Waals surface area contributed by atoms with E-state index in [0.717, 1.165) is 11.1 Å². The molecule has 0 spiro atoms. The highest BCUT2D eigenvalue weighted by Crippen LogP contribution is 2.25. The maximum absolute atomic E-state index is 9.13. The lowest BCUT2D eigenvalue weighted by Crippen LogP contribution is -1.74. The topological polar surface area (TPSA) is 40.5 Å². The van der Waals surface area contributed by atoms with E-state index in [9.17, 15) is 0 Å². The van der Waals surface area contributed by atoms with Crippen molar-refractivity contribution in [2.75, 3.05) is 0 Å². The van der Waals surface area contributed by atoms with Crippen LogP contribution in [-0.4, -0.2) is 10.2 Å². The van der Waals surface area contributed by atoms with Crippen molar-refractivity contribution in [1.29, 1.82) is 0 Å². The van der Waals surface area contributed by atoms with E-state index in [1.807, 2.05) is 19.9 Å². The minimum absolute atomic E-state index is 0.0787. The summed E-state index contributed by atoms with van der Waals surface area (Å²) in [5, 5.41) is 18.1. The fourth-order valence-corrected chi connectivity index (χ4v) is 0.964. The van der Waals surface area contributed by atoms with Gasteiger partial charge in [-0.2, -0.15) is 0 Å². The van der Waals surface area contributed by atoms with Gasteiger partial charge in [-0.3, -0.25) is 0 Å². The summed E-state index contributed by atoms with van der Waals surface area (Å²) < 4.78 is 0. The summed E-state index contributed by atoms with van der Waals surface area (Å²) in [5.74, 6) is -0.161. The van der Waals surface area contributed by atoms with Crippen molar-refractivity contribution in [3.8, 4) is 11.5 Å². The van der Waals surface area contributed by atoms with Gasteiger partial charge in [0.25, 0.3) is 0 Å². The summed E-state index contributed by atoms with van der Waals surface area (Å²) >= 11 is 0. The minimum Gasteiger partial charge on any atom is -0.504 e. The molecule has 64 valence electrons. The van der Waals surface area contributed by atoms with Crippen molar-refractivity contribution < 1.29 is 10.2 Å². The van der Waals surface area contributed by atoms with Crippen molar-refractivity contribution in [3.05, 3.63) is 29.3 Å². The van der Waals surface area contributed by atoms with Crippen molar-refractivity contribution >= 4 is 6.08 Å². The molecule has 0 unspecified atom stereocenters. The lowest BCUT2D eigenvalue weighted by Gasteiger charge is -1.98. The molecule has 0 saturated heterocycles. The van der Waals surface area contributed by atoms with Gasteiger partial charge in [0.1, 0.15) is 0 Å². The van der Waals surface area contributed by atoms with Gasteiger partial charge < -0.3 is 10.2 Å². The normalized spacial score (nSPS) is 9.50. The molecule has 0 amide bonds. The van der Waals surface area contributed by atoms with Gasteiger partial charge in [-0.1, -0.05) is 17.7 Å². The molecule has 0 aliphatic carbocycles. The van der Waals surface area contributed by atoms with Crippen LogP contribution in [0.15, 0.2) is 23.8 Å². The molecule has 2 heteroatoms. The van der Waals surface area contributed by atoms with Crippen LogP contribution in [0.5, 0.6) is 11.5 Å². The lowest BCUT2D eigenvalue weighted by atomic mass is 10.1. The predicted octanol–water partition coefficient (Wildman–Crippen LogP) is 2.52. The molecule has 0 fully saturated rings. The Kier molecular flexibility index (Phi) is 2.38. The molecule has 1 aromatic carbocycles. The van der Waals surface area contributed by atoms with Crippen LogP contribution in [0, 0.1) is 0 Å². The van der Waals surface area contributed by atoms with Crippen LogP contribution < -0.4 is 0 Å². The summed E-state index contributed by atoms with van der Waals surface area (Å²) in [6.07, 6.45) is 1.93. The SMILES string of the molecule is CC(C)=Cc1ccc(O)c(O)c1. The molecule has 0 saturated carbocycles. The molecular formula is C10H12O2. The first-order chi connectivity index (χ1) is 5.59. The minimum atomic E-state index is -0.0825. The van der Waals surface area contributed by atoms with Crippen molar-refractivity contribution in [3.63, 3.8) is 0 Å². The van der Waals surface area contributed by atoms with Gasteiger partial charge in [-0.15, -0.1) is 0 Å². The number of hydrogen-bond donors (Lipinski definition) is 2. The summed E-state index contributed by atoms with van der Waals surface area (Å²) in [5.41, 5.74) is 2.05. The zero-order valence-corrected chi connectivity index (χ0v) is 7.20. The van der Waals surface area contributed by atoms with Crippen LogP contribution in [0.3, 0.4) is 0 Å². The Bertz CT molecular complexity index is 310. The molecule has 0 aliphatic rings. The zero-order chi connectivity index (χ0) is 9.14. The standard InChI is InChI=1S/C10H12O2/c1-7(2)5-8-3-4-9(11)10(12)6-8/h3-6,11-12H,1-2H3. The van der Waals surface area contributed by atoms with E-state index in [-0.39, 0.29) is 11.5 Å². The third kappa shape index (κ3) is 2.02. The van der Waals surface area contributed by atoms with E-state index >= 15 is 0 Å². The molecule has 0 atom stereocenters. The Morgan fingerprint density at radius 2 is 1.83 bits per heavy atom. The predicted molar refractivity (Wildman–Crippen MR) is 49.1 cm³/mol. The second kappa shape index (κ2) is 3.30. The first-order valence-corrected chi connectivity index (χ1v) is 3.76. The fraction of sp³-hybridized carbons (Fsp3) is 0.200. The van der Waals surface area contributed by atoms with Gasteiger partial charge in [0, 0.05) is 0 Å². The number of phenols is 2. The monoisotopic (exact) mass is 164 g/mol. The zero-order valence-electron chi connectivity index (χ0n) is 7.20. The summed E-state index contributed by atoms with van der Waals surface area (Å²) in [6.45, 7) is 3.95. The van der Waals surface area contributed by atoms with Crippen LogP contribution in [0.4, 0.5) is 0 Å². The Labute approximate surface area is 71.8 Å². The summed E-state index contributed by atoms with van der Waals surface area (Å²) in [4.78, 5) is 0. The molecule has 0 radical (unpaired) electrons. The van der Waals surface area contributed by atoms with Crippen molar-refractivity contribution in [1.82, 2.24) is 0 Å². The number of rotatable bonds is 1. The molecule has 1 aromatic rings. The van der Waals surface area contributed by atoms with Crippen LogP contribution in [0.2, 0.25) is 0 Å². The van der Waals surface area contributed by atoms with Gasteiger partial charge in [0.05, 0.1) is 0 Å². The number of phenolic OH excluding ortho intramolecular Hbond substituents is 2. The Balaban J connectivity index is 3.05. The molecule has 2 nitrogen and oxygen atoms in total. The maximum atomic E-state index is 9.13. The number of hydrogen-bond acceptors (Lipinski definition) is 2. The molecule has 0 bridgehead atoms. The Morgan fingerprint density at radius 3 is 2.33 bits per heavy atom. The smallest absolute Gasteiger partial charge is 0.157 e. The average Bonchev–Trinajstić information content (AvgIpc) is 1.96. The van der Waals surface area contributed by atoms with Gasteiger partial charge in [-0.25, -0.2) is 0 Å². The Morgan fingerprint density at radius 1 is 1.17 bits per heavy atom. The van der Waals surface area contributed by atoms with Crippen LogP contribution in [0.25, 0.3) is 6.08 Å². The lowest BCUT2D eigenvalue weighted by molar-refractivity contribution is 0.403. The average molecular weight is 164 g/mol. The number of allylic oxidation sites excluding steroid dienone is 1. The molecular weight excluding hydrogens is 152 g/mol. The number of benzene rings is 1. The molecule has 0 aromatic heterocycles. The van der Waals surface area contributed by atoms with Gasteiger partial charge >= 0.3 is 0 Å². The Hall–Kier alpha value is -1.44. The molecule has 0 aliphatic heterocycles. The van der Waals surface area contributed by atoms with Crippen molar-refractivity contribution in [2.45, 2.75) is 13.8 Å². The first kappa shape index (κ1) is 8.65. The fourth-order valence-electron chi connectivity index (χ4n) is 0.964. The highest BCUT2D eigenvalue weighted by molar-refractivity contribution is 5.56. The van der Waals surface area contributed by atoms with E-state index in [2.05, 4.69) is 0 Å². The third-order valence-corrected chi connectivity index (χ3v) is 1.45. The maximum Gasteiger partial charge on any atom is 0.157 e. The molecule has 2 N–H and O–H groups in total. The molecule has 12 heavy (non-hydrogen) atoms. The second-order valence-corrected chi connectivity index (χ2v) is 2.97. The highest BCUT2D eigenvalue weighted by Gasteiger charge is 1.97. The van der Waals surface area contributed by atoms with E-state index in [1.165, 1.54) is 12.1 Å². The van der Waals surface area contributed by atoms with E-state index in [0.29, 0.717) is 0 Å². The molecule has 0 heterocycles. The van der Waals surface area contributed by atoms with E-state index in [4.69, 9.17) is 10.2 Å². The summed E-state index contributed by atoms with van der Waals surface area (Å²) in [7, 11) is 0. The van der Waals surface area contributed by atoms with E-state index in [1.54, 1.807) is 6.07 Å². The van der Waals surface area contributed by atoms with Crippen LogP contribution >= 0.6 is 0 Å². The van der Waals surface area contributed by atoms with E-state index < -0.39 is 0 Å². The third-order valence-electron chi connectivity index (χ3n) is 1.45. The second-order valence-electron chi connectivity index (χ2n) is 2.97. The molecule has 1 rings (SSSR count). The van der Waals surface area contributed by atoms with Crippen LogP contribution in [-0.2, 0) is 0 Å².